The van der Waals surface area contributed by atoms with E-state index in [-0.39, 0.29) is 23.6 Å². The minimum absolute atomic E-state index is 0.0835. The van der Waals surface area contributed by atoms with Crippen LogP contribution in [0.2, 0.25) is 0 Å². The quantitative estimate of drug-likeness (QED) is 0.0723. The van der Waals surface area contributed by atoms with Crippen LogP contribution in [0.1, 0.15) is 37.3 Å². The first-order valence-electron chi connectivity index (χ1n) is 16.1. The molecular weight excluding hydrogens is 711 g/mol. The summed E-state index contributed by atoms with van der Waals surface area (Å²) in [6.45, 7) is 2.07. The highest BCUT2D eigenvalue weighted by atomic mass is 31.2. The van der Waals surface area contributed by atoms with Crippen LogP contribution in [0.5, 0.6) is 0 Å². The highest BCUT2D eigenvalue weighted by Crippen LogP contribution is 2.45. The molecule has 2 N–H and O–H groups in total. The van der Waals surface area contributed by atoms with Crippen molar-refractivity contribution in [3.8, 4) is 0 Å². The van der Waals surface area contributed by atoms with Crippen LogP contribution >= 0.6 is 7.75 Å². The number of ether oxygens (including phenoxy) is 4. The van der Waals surface area contributed by atoms with Gasteiger partial charge >= 0.3 is 31.3 Å². The van der Waals surface area contributed by atoms with Gasteiger partial charge < -0.3 is 24.3 Å². The molecule has 5 rings (SSSR count). The van der Waals surface area contributed by atoms with Crippen molar-refractivity contribution in [1.29, 1.82) is 0 Å². The summed E-state index contributed by atoms with van der Waals surface area (Å²) in [6, 6.07) is 25.4. The van der Waals surface area contributed by atoms with Crippen molar-refractivity contribution in [2.24, 2.45) is 0 Å². The minimum atomic E-state index is -4.29. The number of methoxy groups -OCH3 is 1. The molecule has 4 aromatic rings. The number of hydrogen-bond donors (Lipinski definition) is 2. The van der Waals surface area contributed by atoms with Gasteiger partial charge in [-0.25, -0.2) is 24.0 Å². The molecule has 0 radical (unpaired) electrons. The van der Waals surface area contributed by atoms with E-state index in [1.165, 1.54) is 42.6 Å². The van der Waals surface area contributed by atoms with Gasteiger partial charge in [-0.15, -0.1) is 6.58 Å². The smallest absolute Gasteiger partial charge is 0.406 e. The Bertz CT molecular complexity index is 2010. The molecule has 0 saturated carbocycles. The molecule has 3 aromatic carbocycles. The minimum Gasteiger partial charge on any atom is -0.468 e. The summed E-state index contributed by atoms with van der Waals surface area (Å²) in [6.07, 6.45) is -3.33. The van der Waals surface area contributed by atoms with Gasteiger partial charge in [0.15, 0.2) is 18.4 Å². The fourth-order valence-electron chi connectivity index (χ4n) is 5.00. The number of carbonyl (C=O) groups excluding carboxylic acids is 4. The number of carbonyl (C=O) groups is 4. The van der Waals surface area contributed by atoms with Crippen molar-refractivity contribution < 1.29 is 51.7 Å². The van der Waals surface area contributed by atoms with Gasteiger partial charge in [0.25, 0.3) is 5.91 Å². The summed E-state index contributed by atoms with van der Waals surface area (Å²) < 4.78 is 48.2. The normalized spacial score (nSPS) is 19.0. The third kappa shape index (κ3) is 10.2. The Morgan fingerprint density at radius 3 is 1.96 bits per heavy atom. The second-order valence-electron chi connectivity index (χ2n) is 11.1. The monoisotopic (exact) mass is 746 g/mol. The Morgan fingerprint density at radius 2 is 1.42 bits per heavy atom. The SMILES string of the molecule is C=CCOP(=O)(NCC(=O)OC)OC[C@H]1O[C@@H](n2ccc(NC(=O)c3ccccc3)nc2=O)[C@H](OC(=O)c2ccccc2)[C@@H]1OC(=O)c1ccccc1. The van der Waals surface area contributed by atoms with E-state index in [4.69, 9.17) is 23.3 Å². The largest absolute Gasteiger partial charge is 0.468 e. The summed E-state index contributed by atoms with van der Waals surface area (Å²) in [5, 5.41) is 4.93. The molecule has 16 nitrogen and oxygen atoms in total. The predicted octanol–water partition coefficient (Wildman–Crippen LogP) is 3.93. The van der Waals surface area contributed by atoms with E-state index in [2.05, 4.69) is 26.7 Å². The average molecular weight is 747 g/mol. The van der Waals surface area contributed by atoms with E-state index in [9.17, 15) is 28.5 Å². The molecule has 1 aromatic heterocycles. The number of anilines is 1. The predicted molar refractivity (Wildman–Crippen MR) is 188 cm³/mol. The van der Waals surface area contributed by atoms with Crippen LogP contribution in [-0.2, 0) is 37.4 Å². The van der Waals surface area contributed by atoms with Gasteiger partial charge in [-0.05, 0) is 42.5 Å². The zero-order valence-corrected chi connectivity index (χ0v) is 29.2. The second-order valence-corrected chi connectivity index (χ2v) is 13.0. The number of esters is 3. The number of hydrogen-bond acceptors (Lipinski definition) is 13. The maximum Gasteiger partial charge on any atom is 0.406 e. The summed E-state index contributed by atoms with van der Waals surface area (Å²) in [5.74, 6) is -3.06. The fourth-order valence-corrected chi connectivity index (χ4v) is 6.23. The molecule has 276 valence electrons. The Labute approximate surface area is 303 Å². The zero-order chi connectivity index (χ0) is 37.8. The summed E-state index contributed by atoms with van der Waals surface area (Å²) in [4.78, 5) is 69.0. The van der Waals surface area contributed by atoms with Crippen LogP contribution in [-0.4, -0.2) is 78.5 Å². The van der Waals surface area contributed by atoms with Crippen molar-refractivity contribution in [2.75, 3.05) is 32.2 Å². The molecule has 1 unspecified atom stereocenters. The lowest BCUT2D eigenvalue weighted by Crippen LogP contribution is -2.42. The van der Waals surface area contributed by atoms with Crippen LogP contribution in [0.4, 0.5) is 5.82 Å². The molecule has 0 aliphatic carbocycles. The Kier molecular flexibility index (Phi) is 13.2. The van der Waals surface area contributed by atoms with Crippen molar-refractivity contribution in [2.45, 2.75) is 24.5 Å². The number of amides is 1. The first kappa shape index (κ1) is 38.5. The van der Waals surface area contributed by atoms with Crippen molar-refractivity contribution >= 4 is 37.4 Å². The van der Waals surface area contributed by atoms with Crippen molar-refractivity contribution in [1.82, 2.24) is 14.6 Å². The van der Waals surface area contributed by atoms with Gasteiger partial charge in [0.2, 0.25) is 0 Å². The Morgan fingerprint density at radius 1 is 0.849 bits per heavy atom. The van der Waals surface area contributed by atoms with E-state index in [0.717, 1.165) is 11.7 Å². The topological polar surface area (TPSA) is 200 Å². The maximum atomic E-state index is 13.6. The first-order valence-corrected chi connectivity index (χ1v) is 17.6. The lowest BCUT2D eigenvalue weighted by atomic mass is 10.1. The van der Waals surface area contributed by atoms with E-state index < -0.39 is 74.9 Å². The van der Waals surface area contributed by atoms with Gasteiger partial charge in [-0.2, -0.15) is 4.98 Å². The fraction of sp³-hybridized carbons (Fsp3) is 0.222. The number of rotatable bonds is 16. The van der Waals surface area contributed by atoms with Crippen LogP contribution in [0.3, 0.4) is 0 Å². The van der Waals surface area contributed by atoms with E-state index in [0.29, 0.717) is 5.56 Å². The number of nitrogens with zero attached hydrogens (tertiary/aromatic N) is 2. The van der Waals surface area contributed by atoms with E-state index in [1.807, 2.05) is 0 Å². The molecule has 0 bridgehead atoms. The second kappa shape index (κ2) is 18.1. The van der Waals surface area contributed by atoms with Gasteiger partial charge in [-0.3, -0.25) is 23.2 Å². The summed E-state index contributed by atoms with van der Waals surface area (Å²) in [5.41, 5.74) is -0.332. The van der Waals surface area contributed by atoms with Gasteiger partial charge in [0, 0.05) is 11.8 Å². The highest BCUT2D eigenvalue weighted by Gasteiger charge is 2.52. The lowest BCUT2D eigenvalue weighted by Gasteiger charge is -2.25. The molecular formula is C36H35N4O12P. The van der Waals surface area contributed by atoms with Crippen LogP contribution in [0, 0.1) is 0 Å². The standard InChI is InChI=1S/C36H35N4O12P/c1-3-21-48-53(46,37-22-29(41)47-2)49-23-27-30(51-34(43)25-15-9-5-10-16-25)31(52-35(44)26-17-11-6-12-18-26)33(50-27)40-20-19-28(39-36(40)45)38-32(42)24-13-7-4-8-14-24/h3-20,27,30-31,33H,1,21-23H2,2H3,(H,37,46)(H,38,39,42,45)/t27-,30-,31-,33-,53?/m1/s1. The van der Waals surface area contributed by atoms with Crippen LogP contribution in [0.25, 0.3) is 0 Å². The van der Waals surface area contributed by atoms with Crippen LogP contribution < -0.4 is 16.1 Å². The Hall–Kier alpha value is -5.77. The lowest BCUT2D eigenvalue weighted by molar-refractivity contribution is -0.139. The third-order valence-corrected chi connectivity index (χ3v) is 9.11. The number of aromatic nitrogens is 2. The maximum absolute atomic E-state index is 13.6. The molecule has 1 saturated heterocycles. The van der Waals surface area contributed by atoms with E-state index in [1.54, 1.807) is 66.7 Å². The molecule has 1 amide bonds. The Balaban J connectivity index is 1.50. The summed E-state index contributed by atoms with van der Waals surface area (Å²) in [7, 11) is -3.15. The highest BCUT2D eigenvalue weighted by molar-refractivity contribution is 7.51. The first-order chi connectivity index (χ1) is 25.6. The number of nitrogens with one attached hydrogen (secondary N) is 2. The van der Waals surface area contributed by atoms with Crippen molar-refractivity contribution in [3.05, 3.63) is 143 Å². The zero-order valence-electron chi connectivity index (χ0n) is 28.3. The molecule has 53 heavy (non-hydrogen) atoms. The molecule has 5 atom stereocenters. The molecule has 0 spiro atoms. The third-order valence-electron chi connectivity index (χ3n) is 7.59. The summed E-state index contributed by atoms with van der Waals surface area (Å²) >= 11 is 0. The van der Waals surface area contributed by atoms with Gasteiger partial charge in [0.1, 0.15) is 18.5 Å². The molecule has 1 aliphatic heterocycles. The van der Waals surface area contributed by atoms with Crippen LogP contribution in [0.15, 0.2) is 121 Å². The van der Waals surface area contributed by atoms with Gasteiger partial charge in [0.05, 0.1) is 31.5 Å². The molecule has 17 heteroatoms. The number of benzene rings is 3. The van der Waals surface area contributed by atoms with Crippen molar-refractivity contribution in [3.63, 3.8) is 0 Å². The molecule has 2 heterocycles. The average Bonchev–Trinajstić information content (AvgIpc) is 3.51. The van der Waals surface area contributed by atoms with Gasteiger partial charge in [-0.1, -0.05) is 60.7 Å². The molecule has 1 aliphatic rings. The molecule has 1 fully saturated rings. The van der Waals surface area contributed by atoms with E-state index >= 15 is 0 Å².